The third-order valence-corrected chi connectivity index (χ3v) is 3.72. The lowest BCUT2D eigenvalue weighted by Crippen LogP contribution is -2.00. The van der Waals surface area contributed by atoms with E-state index < -0.39 is 0 Å². The van der Waals surface area contributed by atoms with Gasteiger partial charge in [-0.05, 0) is 39.7 Å². The first kappa shape index (κ1) is 13.6. The highest BCUT2D eigenvalue weighted by Gasteiger charge is 2.10. The molecule has 0 aliphatic carbocycles. The number of phenolic OH excluding ortho intramolecular Hbond substituents is 1. The molecule has 4 heteroatoms. The van der Waals surface area contributed by atoms with E-state index in [2.05, 4.69) is 15.9 Å². The third-order valence-electron chi connectivity index (χ3n) is 3.08. The van der Waals surface area contributed by atoms with Gasteiger partial charge in [0.05, 0.1) is 4.47 Å². The molecular weight excluding hydrogens is 332 g/mol. The van der Waals surface area contributed by atoms with Crippen molar-refractivity contribution in [3.05, 3.63) is 74.6 Å². The predicted molar refractivity (Wildman–Crippen MR) is 87.2 cm³/mol. The van der Waals surface area contributed by atoms with Crippen LogP contribution in [-0.2, 0) is 0 Å². The normalized spacial score (nSPS) is 11.3. The summed E-state index contributed by atoms with van der Waals surface area (Å²) in [5.74, 6) is 0.345. The van der Waals surface area contributed by atoms with E-state index in [1.165, 1.54) is 6.07 Å². The summed E-state index contributed by atoms with van der Waals surface area (Å²) in [6, 6.07) is 14.4. The van der Waals surface area contributed by atoms with E-state index in [0.29, 0.717) is 15.8 Å². The zero-order valence-corrected chi connectivity index (χ0v) is 12.5. The molecule has 0 unspecified atom stereocenters. The standard InChI is InChI=1S/C17H11BrO3/c18-13-8-9-15-16(17(13)20)14(19)10-12(21-15)7-6-11-4-2-1-3-5-11/h1-10,20H. The first-order valence-electron chi connectivity index (χ1n) is 6.33. The quantitative estimate of drug-likeness (QED) is 0.749. The predicted octanol–water partition coefficient (Wildman–Crippen LogP) is 4.43. The lowest BCUT2D eigenvalue weighted by Gasteiger charge is -2.03. The monoisotopic (exact) mass is 342 g/mol. The van der Waals surface area contributed by atoms with Crippen LogP contribution in [0.1, 0.15) is 11.3 Å². The summed E-state index contributed by atoms with van der Waals surface area (Å²) in [7, 11) is 0. The first-order valence-corrected chi connectivity index (χ1v) is 7.13. The average Bonchev–Trinajstić information content (AvgIpc) is 2.50. The Kier molecular flexibility index (Phi) is 3.62. The molecule has 104 valence electrons. The number of halogens is 1. The highest BCUT2D eigenvalue weighted by Crippen LogP contribution is 2.30. The summed E-state index contributed by atoms with van der Waals surface area (Å²) >= 11 is 3.19. The summed E-state index contributed by atoms with van der Waals surface area (Å²) in [6.07, 6.45) is 3.60. The van der Waals surface area contributed by atoms with Crippen molar-refractivity contribution in [2.45, 2.75) is 0 Å². The number of benzene rings is 2. The Balaban J connectivity index is 2.08. The smallest absolute Gasteiger partial charge is 0.197 e. The van der Waals surface area contributed by atoms with Crippen LogP contribution in [0.5, 0.6) is 5.75 Å². The van der Waals surface area contributed by atoms with Gasteiger partial charge in [0.25, 0.3) is 0 Å². The van der Waals surface area contributed by atoms with Gasteiger partial charge in [0.2, 0.25) is 0 Å². The second-order valence-corrected chi connectivity index (χ2v) is 5.38. The summed E-state index contributed by atoms with van der Waals surface area (Å²) in [5, 5.41) is 10.1. The molecule has 2 aromatic carbocycles. The van der Waals surface area contributed by atoms with Gasteiger partial charge in [-0.3, -0.25) is 4.79 Å². The summed E-state index contributed by atoms with van der Waals surface area (Å²) in [5.41, 5.74) is 1.09. The molecule has 0 bridgehead atoms. The molecule has 0 spiro atoms. The molecule has 1 aromatic heterocycles. The Labute approximate surface area is 129 Å². The summed E-state index contributed by atoms with van der Waals surface area (Å²) in [4.78, 5) is 12.1. The maximum Gasteiger partial charge on any atom is 0.197 e. The van der Waals surface area contributed by atoms with Gasteiger partial charge in [-0.1, -0.05) is 36.4 Å². The van der Waals surface area contributed by atoms with Crippen LogP contribution in [0.2, 0.25) is 0 Å². The molecule has 3 aromatic rings. The molecule has 0 amide bonds. The number of aromatic hydroxyl groups is 1. The highest BCUT2D eigenvalue weighted by molar-refractivity contribution is 9.10. The van der Waals surface area contributed by atoms with E-state index in [9.17, 15) is 9.90 Å². The van der Waals surface area contributed by atoms with E-state index in [-0.39, 0.29) is 16.6 Å². The number of hydrogen-bond acceptors (Lipinski definition) is 3. The number of hydrogen-bond donors (Lipinski definition) is 1. The van der Waals surface area contributed by atoms with Crippen LogP contribution in [0.15, 0.2) is 62.2 Å². The molecule has 0 saturated heterocycles. The zero-order chi connectivity index (χ0) is 14.8. The molecule has 0 atom stereocenters. The lowest BCUT2D eigenvalue weighted by atomic mass is 10.1. The van der Waals surface area contributed by atoms with Crippen LogP contribution in [0, 0.1) is 0 Å². The Hall–Kier alpha value is -2.33. The van der Waals surface area contributed by atoms with Gasteiger partial charge in [0, 0.05) is 6.07 Å². The van der Waals surface area contributed by atoms with Gasteiger partial charge in [0.15, 0.2) is 5.43 Å². The minimum atomic E-state index is -0.275. The van der Waals surface area contributed by atoms with E-state index in [4.69, 9.17) is 4.42 Å². The Bertz CT molecular complexity index is 880. The maximum atomic E-state index is 12.1. The van der Waals surface area contributed by atoms with Gasteiger partial charge < -0.3 is 9.52 Å². The van der Waals surface area contributed by atoms with Crippen molar-refractivity contribution >= 4 is 39.1 Å². The summed E-state index contributed by atoms with van der Waals surface area (Å²) in [6.45, 7) is 0. The minimum Gasteiger partial charge on any atom is -0.506 e. The molecule has 0 aliphatic heterocycles. The van der Waals surface area contributed by atoms with Crippen molar-refractivity contribution in [3.63, 3.8) is 0 Å². The molecule has 0 radical (unpaired) electrons. The SMILES string of the molecule is O=c1cc(C=Cc2ccccc2)oc2ccc(Br)c(O)c12. The second-order valence-electron chi connectivity index (χ2n) is 4.53. The largest absolute Gasteiger partial charge is 0.506 e. The Morgan fingerprint density at radius 3 is 2.57 bits per heavy atom. The van der Waals surface area contributed by atoms with Crippen LogP contribution in [0.25, 0.3) is 23.1 Å². The number of phenols is 1. The molecule has 21 heavy (non-hydrogen) atoms. The molecule has 0 fully saturated rings. The van der Waals surface area contributed by atoms with E-state index in [0.717, 1.165) is 5.56 Å². The van der Waals surface area contributed by atoms with Gasteiger partial charge in [0.1, 0.15) is 22.5 Å². The van der Waals surface area contributed by atoms with E-state index >= 15 is 0 Å². The fraction of sp³-hybridized carbons (Fsp3) is 0. The van der Waals surface area contributed by atoms with Gasteiger partial charge in [-0.2, -0.15) is 0 Å². The molecular formula is C17H11BrO3. The molecule has 0 saturated carbocycles. The third kappa shape index (κ3) is 2.76. The van der Waals surface area contributed by atoms with Crippen molar-refractivity contribution in [2.75, 3.05) is 0 Å². The number of fused-ring (bicyclic) bond motifs is 1. The van der Waals surface area contributed by atoms with Gasteiger partial charge in [-0.25, -0.2) is 0 Å². The Morgan fingerprint density at radius 1 is 1.05 bits per heavy atom. The molecule has 0 aliphatic rings. The lowest BCUT2D eigenvalue weighted by molar-refractivity contribution is 0.476. The topological polar surface area (TPSA) is 50.4 Å². The molecule has 3 nitrogen and oxygen atoms in total. The van der Waals surface area contributed by atoms with E-state index in [1.54, 1.807) is 18.2 Å². The Morgan fingerprint density at radius 2 is 1.81 bits per heavy atom. The molecule has 1 heterocycles. The minimum absolute atomic E-state index is 0.0974. The number of rotatable bonds is 2. The van der Waals surface area contributed by atoms with Crippen LogP contribution in [0.3, 0.4) is 0 Å². The molecule has 1 N–H and O–H groups in total. The van der Waals surface area contributed by atoms with Crippen LogP contribution in [0.4, 0.5) is 0 Å². The van der Waals surface area contributed by atoms with Gasteiger partial charge >= 0.3 is 0 Å². The zero-order valence-electron chi connectivity index (χ0n) is 10.9. The fourth-order valence-electron chi connectivity index (χ4n) is 2.05. The van der Waals surface area contributed by atoms with Gasteiger partial charge in [-0.15, -0.1) is 0 Å². The second kappa shape index (κ2) is 5.58. The van der Waals surface area contributed by atoms with Crippen molar-refractivity contribution in [1.29, 1.82) is 0 Å². The van der Waals surface area contributed by atoms with Crippen molar-refractivity contribution in [1.82, 2.24) is 0 Å². The van der Waals surface area contributed by atoms with Crippen molar-refractivity contribution in [2.24, 2.45) is 0 Å². The van der Waals surface area contributed by atoms with Crippen molar-refractivity contribution in [3.8, 4) is 5.75 Å². The maximum absolute atomic E-state index is 12.1. The van der Waals surface area contributed by atoms with Crippen LogP contribution >= 0.6 is 15.9 Å². The fourth-order valence-corrected chi connectivity index (χ4v) is 2.38. The summed E-state index contributed by atoms with van der Waals surface area (Å²) < 4.78 is 6.10. The van der Waals surface area contributed by atoms with Crippen LogP contribution < -0.4 is 5.43 Å². The van der Waals surface area contributed by atoms with Crippen molar-refractivity contribution < 1.29 is 9.52 Å². The first-order chi connectivity index (χ1) is 10.1. The van der Waals surface area contributed by atoms with E-state index in [1.807, 2.05) is 36.4 Å². The highest BCUT2D eigenvalue weighted by atomic mass is 79.9. The molecule has 3 rings (SSSR count). The average molecular weight is 343 g/mol. The van der Waals surface area contributed by atoms with Crippen LogP contribution in [-0.4, -0.2) is 5.11 Å².